The Morgan fingerprint density at radius 2 is 1.37 bits per heavy atom. The Bertz CT molecular complexity index is 1000. The number of aryl methyl sites for hydroxylation is 3. The summed E-state index contributed by atoms with van der Waals surface area (Å²) in [6.07, 6.45) is 0. The molecule has 2 heteroatoms. The van der Waals surface area contributed by atoms with Crippen molar-refractivity contribution in [1.29, 1.82) is 0 Å². The number of hydrogen-bond acceptors (Lipinski definition) is 1. The van der Waals surface area contributed by atoms with Crippen molar-refractivity contribution in [1.82, 2.24) is 0 Å². The number of hydrogen-bond donors (Lipinski definition) is 0. The van der Waals surface area contributed by atoms with E-state index in [0.717, 1.165) is 0 Å². The summed E-state index contributed by atoms with van der Waals surface area (Å²) in [4.78, 5) is 2.49. The summed E-state index contributed by atoms with van der Waals surface area (Å²) in [6.45, 7) is 13.6. The Hall–Kier alpha value is -2.02. The van der Waals surface area contributed by atoms with E-state index in [0.29, 0.717) is 15.0 Å². The van der Waals surface area contributed by atoms with Gasteiger partial charge in [-0.2, -0.15) is 0 Å². The molecule has 0 N–H and O–H groups in total. The van der Waals surface area contributed by atoms with Gasteiger partial charge in [-0.3, -0.25) is 0 Å². The molecule has 1 aliphatic heterocycles. The second-order valence-electron chi connectivity index (χ2n) is 8.59. The molecule has 0 unspecified atom stereocenters. The van der Waals surface area contributed by atoms with Crippen molar-refractivity contribution in [3.63, 3.8) is 0 Å². The van der Waals surface area contributed by atoms with Gasteiger partial charge >= 0.3 is 170 Å². The normalized spacial score (nSPS) is 13.3. The van der Waals surface area contributed by atoms with Crippen molar-refractivity contribution in [3.05, 3.63) is 76.9 Å². The molecular formula is C25H27NSe. The third kappa shape index (κ3) is 3.22. The van der Waals surface area contributed by atoms with Crippen LogP contribution in [-0.2, 0) is 5.41 Å². The van der Waals surface area contributed by atoms with E-state index in [9.17, 15) is 0 Å². The first-order valence-corrected chi connectivity index (χ1v) is 11.3. The van der Waals surface area contributed by atoms with Gasteiger partial charge in [0.25, 0.3) is 0 Å². The van der Waals surface area contributed by atoms with Gasteiger partial charge in [-0.25, -0.2) is 0 Å². The molecule has 0 bridgehead atoms. The molecule has 0 saturated carbocycles. The van der Waals surface area contributed by atoms with Crippen molar-refractivity contribution < 1.29 is 0 Å². The fraction of sp³-hybridized carbons (Fsp3) is 0.280. The predicted molar refractivity (Wildman–Crippen MR) is 119 cm³/mol. The fourth-order valence-electron chi connectivity index (χ4n) is 3.85. The summed E-state index contributed by atoms with van der Waals surface area (Å²) in [5.74, 6) is 0. The average Bonchev–Trinajstić information content (AvgIpc) is 2.59. The van der Waals surface area contributed by atoms with Crippen LogP contribution in [0, 0.1) is 20.8 Å². The van der Waals surface area contributed by atoms with Crippen LogP contribution in [0.15, 0.2) is 54.6 Å². The molecule has 27 heavy (non-hydrogen) atoms. The zero-order valence-electron chi connectivity index (χ0n) is 17.1. The zero-order valence-corrected chi connectivity index (χ0v) is 18.8. The molecule has 0 amide bonds. The molecule has 0 aliphatic carbocycles. The number of nitrogens with zero attached hydrogens (tertiary/aromatic N) is 1. The van der Waals surface area contributed by atoms with E-state index < -0.39 is 0 Å². The molecule has 3 aromatic rings. The Labute approximate surface area is 169 Å². The molecule has 0 atom stereocenters. The van der Waals surface area contributed by atoms with Crippen LogP contribution < -0.4 is 13.8 Å². The van der Waals surface area contributed by atoms with Crippen LogP contribution in [0.5, 0.6) is 0 Å². The first kappa shape index (κ1) is 18.3. The zero-order chi connectivity index (χ0) is 19.3. The maximum atomic E-state index is 2.49. The Morgan fingerprint density at radius 3 is 2.04 bits per heavy atom. The van der Waals surface area contributed by atoms with Crippen molar-refractivity contribution in [2.45, 2.75) is 47.0 Å². The number of benzene rings is 3. The minimum atomic E-state index is 0.159. The van der Waals surface area contributed by atoms with E-state index in [1.807, 2.05) is 0 Å². The van der Waals surface area contributed by atoms with Crippen LogP contribution in [0.25, 0.3) is 0 Å². The first-order valence-electron chi connectivity index (χ1n) is 9.55. The monoisotopic (exact) mass is 421 g/mol. The van der Waals surface area contributed by atoms with Crippen molar-refractivity contribution in [2.75, 3.05) is 4.90 Å². The van der Waals surface area contributed by atoms with E-state index in [1.54, 1.807) is 0 Å². The molecule has 0 radical (unpaired) electrons. The van der Waals surface area contributed by atoms with Gasteiger partial charge in [0, 0.05) is 0 Å². The molecule has 0 saturated heterocycles. The van der Waals surface area contributed by atoms with Gasteiger partial charge in [-0.1, -0.05) is 0 Å². The topological polar surface area (TPSA) is 3.24 Å². The van der Waals surface area contributed by atoms with Gasteiger partial charge in [0.1, 0.15) is 0 Å². The van der Waals surface area contributed by atoms with E-state index in [2.05, 4.69) is 101 Å². The quantitative estimate of drug-likeness (QED) is 0.376. The molecule has 0 fully saturated rings. The maximum absolute atomic E-state index is 2.49. The Balaban J connectivity index is 1.97. The van der Waals surface area contributed by atoms with Crippen molar-refractivity contribution in [2.24, 2.45) is 0 Å². The van der Waals surface area contributed by atoms with Crippen LogP contribution in [0.1, 0.15) is 43.0 Å². The summed E-state index contributed by atoms with van der Waals surface area (Å²) in [7, 11) is 0. The summed E-state index contributed by atoms with van der Waals surface area (Å²) >= 11 is 0.349. The summed E-state index contributed by atoms with van der Waals surface area (Å²) in [6, 6.07) is 20.6. The molecule has 138 valence electrons. The molecule has 1 heterocycles. The van der Waals surface area contributed by atoms with Crippen LogP contribution in [0.2, 0.25) is 0 Å². The summed E-state index contributed by atoms with van der Waals surface area (Å²) in [5, 5.41) is 0. The van der Waals surface area contributed by atoms with Gasteiger partial charge in [-0.15, -0.1) is 0 Å². The van der Waals surface area contributed by atoms with E-state index in [-0.39, 0.29) is 5.41 Å². The summed E-state index contributed by atoms with van der Waals surface area (Å²) < 4.78 is 2.93. The number of anilines is 3. The standard InChI is InChI=1S/C25H27NSe/c1-16-11-12-21-23(13-16)27-22-10-8-7-9-20(22)26(21)24-17(2)14-19(15-18(24)3)25(4,5)6/h7-15H,1-6H3. The van der Waals surface area contributed by atoms with Gasteiger partial charge in [0.15, 0.2) is 0 Å². The van der Waals surface area contributed by atoms with Gasteiger partial charge in [0.2, 0.25) is 0 Å². The molecule has 4 rings (SSSR count). The second-order valence-corrected chi connectivity index (χ2v) is 10.9. The molecule has 0 aromatic heterocycles. The first-order chi connectivity index (χ1) is 12.8. The van der Waals surface area contributed by atoms with Crippen molar-refractivity contribution >= 4 is 40.9 Å². The van der Waals surface area contributed by atoms with Crippen LogP contribution in [0.4, 0.5) is 17.1 Å². The number of rotatable bonds is 1. The molecular weight excluding hydrogens is 393 g/mol. The van der Waals surface area contributed by atoms with Gasteiger partial charge < -0.3 is 0 Å². The third-order valence-corrected chi connectivity index (χ3v) is 7.60. The Morgan fingerprint density at radius 1 is 0.741 bits per heavy atom. The molecule has 1 nitrogen and oxygen atoms in total. The number of fused-ring (bicyclic) bond motifs is 2. The van der Waals surface area contributed by atoms with Gasteiger partial charge in [-0.05, 0) is 0 Å². The van der Waals surface area contributed by atoms with Crippen LogP contribution in [0.3, 0.4) is 0 Å². The molecule has 1 aliphatic rings. The van der Waals surface area contributed by atoms with E-state index in [4.69, 9.17) is 0 Å². The van der Waals surface area contributed by atoms with E-state index >= 15 is 0 Å². The second kappa shape index (κ2) is 6.55. The SMILES string of the molecule is Cc1ccc2c(c1)[Se]c1ccccc1N2c1c(C)cc(C(C)(C)C)cc1C. The van der Waals surface area contributed by atoms with Crippen LogP contribution >= 0.6 is 0 Å². The van der Waals surface area contributed by atoms with E-state index in [1.165, 1.54) is 48.2 Å². The van der Waals surface area contributed by atoms with Crippen molar-refractivity contribution in [3.8, 4) is 0 Å². The Kier molecular flexibility index (Phi) is 4.45. The number of para-hydroxylation sites is 1. The molecule has 3 aromatic carbocycles. The van der Waals surface area contributed by atoms with Gasteiger partial charge in [0.05, 0.1) is 0 Å². The summed E-state index contributed by atoms with van der Waals surface area (Å²) in [5.41, 5.74) is 9.60. The average molecular weight is 420 g/mol. The molecule has 0 spiro atoms. The fourth-order valence-corrected chi connectivity index (χ4v) is 6.27. The minimum absolute atomic E-state index is 0.159. The third-order valence-electron chi connectivity index (χ3n) is 5.26. The predicted octanol–water partition coefficient (Wildman–Crippen LogP) is 5.35. The van der Waals surface area contributed by atoms with Crippen LogP contribution in [-0.4, -0.2) is 15.0 Å².